The van der Waals surface area contributed by atoms with E-state index in [1.807, 2.05) is 13.8 Å². The molecule has 2 aromatic rings. The van der Waals surface area contributed by atoms with Gasteiger partial charge in [0.2, 0.25) is 5.91 Å². The van der Waals surface area contributed by atoms with Crippen LogP contribution in [0.1, 0.15) is 19.4 Å². The van der Waals surface area contributed by atoms with Crippen LogP contribution in [0.5, 0.6) is 0 Å². The van der Waals surface area contributed by atoms with E-state index in [4.69, 9.17) is 5.73 Å². The highest BCUT2D eigenvalue weighted by atomic mass is 19.1. The maximum atomic E-state index is 14.2. The molecule has 0 spiro atoms. The Morgan fingerprint density at radius 3 is 2.55 bits per heavy atom. The van der Waals surface area contributed by atoms with Crippen molar-refractivity contribution in [1.29, 1.82) is 0 Å². The lowest BCUT2D eigenvalue weighted by atomic mass is 10.0. The predicted octanol–water partition coefficient (Wildman–Crippen LogP) is 2.28. The van der Waals surface area contributed by atoms with Crippen LogP contribution in [0.2, 0.25) is 0 Å². The van der Waals surface area contributed by atoms with E-state index >= 15 is 0 Å². The molecule has 1 unspecified atom stereocenters. The second kappa shape index (κ2) is 7.13. The second-order valence-electron chi connectivity index (χ2n) is 5.52. The highest BCUT2D eigenvalue weighted by Gasteiger charge is 2.16. The van der Waals surface area contributed by atoms with Gasteiger partial charge < -0.3 is 11.1 Å². The molecule has 1 aromatic heterocycles. The quantitative estimate of drug-likeness (QED) is 0.890. The molecule has 22 heavy (non-hydrogen) atoms. The summed E-state index contributed by atoms with van der Waals surface area (Å²) in [4.78, 5) is 15.7. The second-order valence-corrected chi connectivity index (χ2v) is 5.52. The minimum absolute atomic E-state index is 0.0318. The molecule has 1 heterocycles. The van der Waals surface area contributed by atoms with E-state index in [9.17, 15) is 9.18 Å². The summed E-state index contributed by atoms with van der Waals surface area (Å²) in [5.74, 6) is -0.561. The Labute approximate surface area is 129 Å². The van der Waals surface area contributed by atoms with Crippen molar-refractivity contribution in [2.45, 2.75) is 32.4 Å². The zero-order valence-corrected chi connectivity index (χ0v) is 12.7. The summed E-state index contributed by atoms with van der Waals surface area (Å²) in [5.41, 5.74) is 7.82. The van der Waals surface area contributed by atoms with E-state index < -0.39 is 6.04 Å². The number of benzene rings is 1. The molecule has 5 heteroatoms. The number of amides is 1. The van der Waals surface area contributed by atoms with Crippen LogP contribution in [0.25, 0.3) is 11.1 Å². The van der Waals surface area contributed by atoms with Gasteiger partial charge in [0, 0.05) is 24.0 Å². The fourth-order valence-electron chi connectivity index (χ4n) is 2.19. The molecule has 2 rings (SSSR count). The molecule has 0 aliphatic rings. The molecule has 0 saturated heterocycles. The number of rotatable bonds is 5. The predicted molar refractivity (Wildman–Crippen MR) is 84.6 cm³/mol. The summed E-state index contributed by atoms with van der Waals surface area (Å²) in [7, 11) is 0. The SMILES string of the molecule is CC(C)NC(=O)C(N)Cc1ccc(-c2ccncc2)c(F)c1. The molecule has 1 amide bonds. The number of hydrogen-bond donors (Lipinski definition) is 2. The van der Waals surface area contributed by atoms with Crippen molar-refractivity contribution in [1.82, 2.24) is 10.3 Å². The van der Waals surface area contributed by atoms with Gasteiger partial charge in [0.25, 0.3) is 0 Å². The number of hydrogen-bond acceptors (Lipinski definition) is 3. The molecule has 0 saturated carbocycles. The first kappa shape index (κ1) is 16.1. The molecule has 0 aliphatic heterocycles. The molecule has 0 fully saturated rings. The molecule has 0 radical (unpaired) electrons. The first-order valence-electron chi connectivity index (χ1n) is 7.22. The van der Waals surface area contributed by atoms with Gasteiger partial charge in [-0.05, 0) is 49.6 Å². The van der Waals surface area contributed by atoms with Gasteiger partial charge in [-0.25, -0.2) is 4.39 Å². The largest absolute Gasteiger partial charge is 0.353 e. The highest BCUT2D eigenvalue weighted by molar-refractivity contribution is 5.82. The summed E-state index contributed by atoms with van der Waals surface area (Å²) in [5, 5.41) is 2.75. The number of carbonyl (C=O) groups excluding carboxylic acids is 1. The van der Waals surface area contributed by atoms with Crippen molar-refractivity contribution in [3.63, 3.8) is 0 Å². The Kier molecular flexibility index (Phi) is 5.22. The molecule has 116 valence electrons. The normalized spacial score (nSPS) is 12.2. The first-order valence-corrected chi connectivity index (χ1v) is 7.22. The monoisotopic (exact) mass is 301 g/mol. The van der Waals surface area contributed by atoms with Gasteiger partial charge in [0.15, 0.2) is 0 Å². The van der Waals surface area contributed by atoms with Crippen LogP contribution in [0.3, 0.4) is 0 Å². The number of aromatic nitrogens is 1. The third-order valence-corrected chi connectivity index (χ3v) is 3.25. The van der Waals surface area contributed by atoms with Crippen LogP contribution in [0.4, 0.5) is 4.39 Å². The standard InChI is InChI=1S/C17H20FN3O/c1-11(2)21-17(22)16(19)10-12-3-4-14(15(18)9-12)13-5-7-20-8-6-13/h3-9,11,16H,10,19H2,1-2H3,(H,21,22). The smallest absolute Gasteiger partial charge is 0.237 e. The van der Waals surface area contributed by atoms with Gasteiger partial charge in [-0.15, -0.1) is 0 Å². The maximum absolute atomic E-state index is 14.2. The van der Waals surface area contributed by atoms with Crippen LogP contribution in [-0.4, -0.2) is 23.0 Å². The Morgan fingerprint density at radius 2 is 1.95 bits per heavy atom. The molecule has 4 nitrogen and oxygen atoms in total. The lowest BCUT2D eigenvalue weighted by molar-refractivity contribution is -0.122. The van der Waals surface area contributed by atoms with E-state index in [1.54, 1.807) is 36.7 Å². The molecule has 1 atom stereocenters. The van der Waals surface area contributed by atoms with Gasteiger partial charge in [0.05, 0.1) is 6.04 Å². The fourth-order valence-corrected chi connectivity index (χ4v) is 2.19. The summed E-state index contributed by atoms with van der Waals surface area (Å²) in [6, 6.07) is 7.77. The third kappa shape index (κ3) is 4.11. The van der Waals surface area contributed by atoms with Crippen molar-refractivity contribution in [2.75, 3.05) is 0 Å². The lowest BCUT2D eigenvalue weighted by Crippen LogP contribution is -2.44. The number of nitrogens with zero attached hydrogens (tertiary/aromatic N) is 1. The van der Waals surface area contributed by atoms with Gasteiger partial charge in [-0.2, -0.15) is 0 Å². The fraction of sp³-hybridized carbons (Fsp3) is 0.294. The molecular formula is C17H20FN3O. The Hall–Kier alpha value is -2.27. The third-order valence-electron chi connectivity index (χ3n) is 3.25. The zero-order valence-electron chi connectivity index (χ0n) is 12.7. The van der Waals surface area contributed by atoms with Crippen LogP contribution >= 0.6 is 0 Å². The van der Waals surface area contributed by atoms with E-state index in [0.717, 1.165) is 5.56 Å². The molecular weight excluding hydrogens is 281 g/mol. The van der Waals surface area contributed by atoms with Crippen molar-refractivity contribution in [2.24, 2.45) is 5.73 Å². The topological polar surface area (TPSA) is 68.0 Å². The summed E-state index contributed by atoms with van der Waals surface area (Å²) in [6.45, 7) is 3.74. The van der Waals surface area contributed by atoms with Crippen LogP contribution in [0, 0.1) is 5.82 Å². The van der Waals surface area contributed by atoms with Crippen molar-refractivity contribution < 1.29 is 9.18 Å². The van der Waals surface area contributed by atoms with Crippen LogP contribution in [-0.2, 0) is 11.2 Å². The average Bonchev–Trinajstić information content (AvgIpc) is 2.47. The average molecular weight is 301 g/mol. The van der Waals surface area contributed by atoms with Crippen LogP contribution < -0.4 is 11.1 Å². The maximum Gasteiger partial charge on any atom is 0.237 e. The number of nitrogens with two attached hydrogens (primary N) is 1. The number of halogens is 1. The minimum atomic E-state index is -0.687. The molecule has 0 bridgehead atoms. The summed E-state index contributed by atoms with van der Waals surface area (Å²) >= 11 is 0. The van der Waals surface area contributed by atoms with Crippen molar-refractivity contribution in [3.05, 3.63) is 54.1 Å². The van der Waals surface area contributed by atoms with E-state index in [-0.39, 0.29) is 17.8 Å². The van der Waals surface area contributed by atoms with Gasteiger partial charge in [-0.1, -0.05) is 12.1 Å². The summed E-state index contributed by atoms with van der Waals surface area (Å²) in [6.07, 6.45) is 3.54. The van der Waals surface area contributed by atoms with E-state index in [1.165, 1.54) is 6.07 Å². The Bertz CT molecular complexity index is 644. The Morgan fingerprint density at radius 1 is 1.27 bits per heavy atom. The summed E-state index contributed by atoms with van der Waals surface area (Å²) < 4.78 is 14.2. The molecule has 3 N–H and O–H groups in total. The number of nitrogens with one attached hydrogen (secondary N) is 1. The van der Waals surface area contributed by atoms with E-state index in [2.05, 4.69) is 10.3 Å². The van der Waals surface area contributed by atoms with Crippen LogP contribution in [0.15, 0.2) is 42.7 Å². The minimum Gasteiger partial charge on any atom is -0.353 e. The van der Waals surface area contributed by atoms with Gasteiger partial charge in [-0.3, -0.25) is 9.78 Å². The molecule has 0 aliphatic carbocycles. The highest BCUT2D eigenvalue weighted by Crippen LogP contribution is 2.23. The van der Waals surface area contributed by atoms with E-state index in [0.29, 0.717) is 17.5 Å². The van der Waals surface area contributed by atoms with Crippen molar-refractivity contribution >= 4 is 5.91 Å². The van der Waals surface area contributed by atoms with Crippen molar-refractivity contribution in [3.8, 4) is 11.1 Å². The number of pyridine rings is 1. The Balaban J connectivity index is 2.11. The first-order chi connectivity index (χ1) is 10.5. The number of carbonyl (C=O) groups is 1. The lowest BCUT2D eigenvalue weighted by Gasteiger charge is -2.15. The zero-order chi connectivity index (χ0) is 16.1. The molecule has 1 aromatic carbocycles. The van der Waals surface area contributed by atoms with Gasteiger partial charge in [0.1, 0.15) is 5.82 Å². The van der Waals surface area contributed by atoms with Gasteiger partial charge >= 0.3 is 0 Å².